The third kappa shape index (κ3) is 2.84. The van der Waals surface area contributed by atoms with E-state index >= 15 is 0 Å². The number of hydrogen-bond acceptors (Lipinski definition) is 3. The van der Waals surface area contributed by atoms with Crippen molar-refractivity contribution in [2.75, 3.05) is 39.3 Å². The van der Waals surface area contributed by atoms with Crippen LogP contribution in [0.4, 0.5) is 0 Å². The maximum atomic E-state index is 6.08. The van der Waals surface area contributed by atoms with Gasteiger partial charge in [0.05, 0.1) is 0 Å². The van der Waals surface area contributed by atoms with Crippen molar-refractivity contribution < 1.29 is 0 Å². The lowest BCUT2D eigenvalue weighted by atomic mass is 9.67. The van der Waals surface area contributed by atoms with E-state index in [1.54, 1.807) is 0 Å². The minimum Gasteiger partial charge on any atom is -0.329 e. The molecule has 2 N–H and O–H groups in total. The zero-order valence-electron chi connectivity index (χ0n) is 12.6. The van der Waals surface area contributed by atoms with E-state index in [0.29, 0.717) is 5.54 Å². The predicted molar refractivity (Wildman–Crippen MR) is 80.2 cm³/mol. The molecule has 3 heteroatoms. The lowest BCUT2D eigenvalue weighted by molar-refractivity contribution is -0.0342. The Hall–Kier alpha value is -0.120. The highest BCUT2D eigenvalue weighted by Crippen LogP contribution is 2.43. The maximum Gasteiger partial charge on any atom is 0.0336 e. The smallest absolute Gasteiger partial charge is 0.0336 e. The standard InChI is InChI=1S/C16H31N3/c1-14-10-16(11-14,13-17)19-8-4-15(5-9-19)12-18-6-2-3-7-18/h14-15H,2-13,17H2,1H3. The van der Waals surface area contributed by atoms with E-state index < -0.39 is 0 Å². The van der Waals surface area contributed by atoms with Crippen molar-refractivity contribution in [2.45, 2.75) is 51.0 Å². The second-order valence-electron chi connectivity index (χ2n) is 7.38. The summed E-state index contributed by atoms with van der Waals surface area (Å²) in [5.74, 6) is 1.84. The molecule has 0 atom stereocenters. The molecule has 0 amide bonds. The minimum absolute atomic E-state index is 0.387. The van der Waals surface area contributed by atoms with E-state index in [1.165, 1.54) is 71.2 Å². The molecule has 3 rings (SSSR count). The van der Waals surface area contributed by atoms with Gasteiger partial charge in [-0.2, -0.15) is 0 Å². The van der Waals surface area contributed by atoms with Crippen molar-refractivity contribution in [1.82, 2.24) is 9.80 Å². The molecule has 2 aliphatic heterocycles. The summed E-state index contributed by atoms with van der Waals surface area (Å²) in [6.07, 6.45) is 8.31. The Morgan fingerprint density at radius 3 is 2.21 bits per heavy atom. The third-order valence-electron chi connectivity index (χ3n) is 5.84. The molecule has 0 aromatic carbocycles. The van der Waals surface area contributed by atoms with Crippen LogP contribution in [-0.2, 0) is 0 Å². The molecule has 19 heavy (non-hydrogen) atoms. The van der Waals surface area contributed by atoms with Crippen LogP contribution in [0.25, 0.3) is 0 Å². The molecule has 0 radical (unpaired) electrons. The van der Waals surface area contributed by atoms with Gasteiger partial charge in [0.25, 0.3) is 0 Å². The fourth-order valence-corrected chi connectivity index (χ4v) is 4.71. The average Bonchev–Trinajstić information content (AvgIpc) is 2.89. The monoisotopic (exact) mass is 265 g/mol. The number of likely N-dealkylation sites (tertiary alicyclic amines) is 2. The van der Waals surface area contributed by atoms with Gasteiger partial charge in [0.15, 0.2) is 0 Å². The summed E-state index contributed by atoms with van der Waals surface area (Å²) in [4.78, 5) is 5.41. The van der Waals surface area contributed by atoms with Gasteiger partial charge in [0, 0.05) is 18.6 Å². The van der Waals surface area contributed by atoms with E-state index in [9.17, 15) is 0 Å². The molecule has 0 unspecified atom stereocenters. The number of nitrogens with two attached hydrogens (primary N) is 1. The lowest BCUT2D eigenvalue weighted by Gasteiger charge is -2.55. The Labute approximate surface area is 118 Å². The zero-order valence-corrected chi connectivity index (χ0v) is 12.6. The van der Waals surface area contributed by atoms with E-state index in [1.807, 2.05) is 0 Å². The number of piperidine rings is 1. The molecule has 3 nitrogen and oxygen atoms in total. The van der Waals surface area contributed by atoms with E-state index in [0.717, 1.165) is 18.4 Å². The van der Waals surface area contributed by atoms with Gasteiger partial charge in [0.2, 0.25) is 0 Å². The molecular formula is C16H31N3. The fraction of sp³-hybridized carbons (Fsp3) is 1.00. The summed E-state index contributed by atoms with van der Waals surface area (Å²) >= 11 is 0. The molecule has 2 heterocycles. The van der Waals surface area contributed by atoms with Gasteiger partial charge in [-0.1, -0.05) is 6.92 Å². The molecule has 1 aliphatic carbocycles. The van der Waals surface area contributed by atoms with Crippen LogP contribution >= 0.6 is 0 Å². The van der Waals surface area contributed by atoms with Crippen LogP contribution in [0.3, 0.4) is 0 Å². The number of hydrogen-bond donors (Lipinski definition) is 1. The van der Waals surface area contributed by atoms with Gasteiger partial charge in [-0.25, -0.2) is 0 Å². The Morgan fingerprint density at radius 2 is 1.68 bits per heavy atom. The predicted octanol–water partition coefficient (Wildman–Crippen LogP) is 1.92. The van der Waals surface area contributed by atoms with Crippen LogP contribution < -0.4 is 5.73 Å². The SMILES string of the molecule is CC1CC(CN)(N2CCC(CN3CCCC3)CC2)C1. The molecule has 2 saturated heterocycles. The molecule has 0 bridgehead atoms. The molecule has 0 aromatic rings. The third-order valence-corrected chi connectivity index (χ3v) is 5.84. The first-order valence-electron chi connectivity index (χ1n) is 8.39. The van der Waals surface area contributed by atoms with Crippen LogP contribution in [-0.4, -0.2) is 54.6 Å². The van der Waals surface area contributed by atoms with Crippen molar-refractivity contribution in [2.24, 2.45) is 17.6 Å². The highest BCUT2D eigenvalue weighted by atomic mass is 15.2. The van der Waals surface area contributed by atoms with E-state index in [4.69, 9.17) is 5.73 Å². The maximum absolute atomic E-state index is 6.08. The summed E-state index contributed by atoms with van der Waals surface area (Å²) < 4.78 is 0. The van der Waals surface area contributed by atoms with Gasteiger partial charge in [-0.3, -0.25) is 4.90 Å². The van der Waals surface area contributed by atoms with Gasteiger partial charge >= 0.3 is 0 Å². The van der Waals surface area contributed by atoms with Crippen LogP contribution in [0.15, 0.2) is 0 Å². The summed E-state index contributed by atoms with van der Waals surface area (Å²) in [7, 11) is 0. The van der Waals surface area contributed by atoms with Crippen molar-refractivity contribution in [3.05, 3.63) is 0 Å². The molecular weight excluding hydrogens is 234 g/mol. The van der Waals surface area contributed by atoms with E-state index in [2.05, 4.69) is 16.7 Å². The molecule has 0 aromatic heterocycles. The van der Waals surface area contributed by atoms with Gasteiger partial charge in [-0.15, -0.1) is 0 Å². The fourth-order valence-electron chi connectivity index (χ4n) is 4.71. The second kappa shape index (κ2) is 5.71. The summed E-state index contributed by atoms with van der Waals surface area (Å²) in [5.41, 5.74) is 6.47. The quantitative estimate of drug-likeness (QED) is 0.843. The number of nitrogens with zero attached hydrogens (tertiary/aromatic N) is 2. The molecule has 0 spiro atoms. The zero-order chi connectivity index (χ0) is 13.3. The van der Waals surface area contributed by atoms with Gasteiger partial charge in [0.1, 0.15) is 0 Å². The van der Waals surface area contributed by atoms with Crippen LogP contribution in [0, 0.1) is 11.8 Å². The summed E-state index contributed by atoms with van der Waals surface area (Å²) in [5, 5.41) is 0. The average molecular weight is 265 g/mol. The highest BCUT2D eigenvalue weighted by Gasteiger charge is 2.46. The van der Waals surface area contributed by atoms with Crippen LogP contribution in [0.2, 0.25) is 0 Å². The van der Waals surface area contributed by atoms with Crippen LogP contribution in [0.1, 0.15) is 45.4 Å². The minimum atomic E-state index is 0.387. The summed E-state index contributed by atoms with van der Waals surface area (Å²) in [6, 6.07) is 0. The molecule has 110 valence electrons. The Morgan fingerprint density at radius 1 is 1.05 bits per heavy atom. The van der Waals surface area contributed by atoms with Crippen LogP contribution in [0.5, 0.6) is 0 Å². The Balaban J connectivity index is 1.46. The Bertz CT molecular complexity index is 284. The summed E-state index contributed by atoms with van der Waals surface area (Å²) in [6.45, 7) is 9.89. The number of rotatable bonds is 4. The Kier molecular flexibility index (Phi) is 4.16. The first-order chi connectivity index (χ1) is 9.22. The topological polar surface area (TPSA) is 32.5 Å². The largest absolute Gasteiger partial charge is 0.329 e. The second-order valence-corrected chi connectivity index (χ2v) is 7.38. The van der Waals surface area contributed by atoms with Gasteiger partial charge in [-0.05, 0) is 76.5 Å². The first kappa shape index (κ1) is 13.8. The molecule has 1 saturated carbocycles. The highest BCUT2D eigenvalue weighted by molar-refractivity contribution is 5.03. The first-order valence-corrected chi connectivity index (χ1v) is 8.39. The van der Waals surface area contributed by atoms with Gasteiger partial charge < -0.3 is 10.6 Å². The van der Waals surface area contributed by atoms with Crippen molar-refractivity contribution >= 4 is 0 Å². The molecule has 3 aliphatic rings. The van der Waals surface area contributed by atoms with Crippen molar-refractivity contribution in [3.8, 4) is 0 Å². The van der Waals surface area contributed by atoms with Crippen molar-refractivity contribution in [1.29, 1.82) is 0 Å². The van der Waals surface area contributed by atoms with Crippen molar-refractivity contribution in [3.63, 3.8) is 0 Å². The lowest BCUT2D eigenvalue weighted by Crippen LogP contribution is -2.63. The normalized spacial score (nSPS) is 38.5. The van der Waals surface area contributed by atoms with E-state index in [-0.39, 0.29) is 0 Å². The molecule has 3 fully saturated rings.